The number of ether oxygens (including phenoxy) is 1. The predicted octanol–water partition coefficient (Wildman–Crippen LogP) is 0.977. The van der Waals surface area contributed by atoms with Crippen molar-refractivity contribution >= 4 is 17.5 Å². The van der Waals surface area contributed by atoms with E-state index in [0.29, 0.717) is 19.5 Å². The number of hydrogen-bond donors (Lipinski definition) is 1. The Kier molecular flexibility index (Phi) is 5.22. The summed E-state index contributed by atoms with van der Waals surface area (Å²) in [6.07, 6.45) is 3.73. The Morgan fingerprint density at radius 2 is 2.00 bits per heavy atom. The van der Waals surface area contributed by atoms with Gasteiger partial charge < -0.3 is 15.0 Å². The van der Waals surface area contributed by atoms with Crippen molar-refractivity contribution in [2.75, 3.05) is 50.8 Å². The van der Waals surface area contributed by atoms with Crippen LogP contribution in [-0.4, -0.2) is 62.7 Å². The molecule has 1 aromatic carbocycles. The number of nitrogens with one attached hydrogen (secondary N) is 1. The van der Waals surface area contributed by atoms with Gasteiger partial charge in [-0.3, -0.25) is 14.5 Å². The van der Waals surface area contributed by atoms with Crippen LogP contribution in [0.15, 0.2) is 18.2 Å². The minimum absolute atomic E-state index is 0.00438. The van der Waals surface area contributed by atoms with Gasteiger partial charge in [0.15, 0.2) is 0 Å². The minimum Gasteiger partial charge on any atom is -0.379 e. The molecule has 140 valence electrons. The van der Waals surface area contributed by atoms with E-state index in [9.17, 15) is 9.59 Å². The number of morpholine rings is 1. The molecule has 26 heavy (non-hydrogen) atoms. The highest BCUT2D eigenvalue weighted by atomic mass is 16.5. The molecule has 0 aromatic heterocycles. The lowest BCUT2D eigenvalue weighted by Crippen LogP contribution is -2.42. The van der Waals surface area contributed by atoms with E-state index in [1.807, 2.05) is 6.07 Å². The van der Waals surface area contributed by atoms with Crippen molar-refractivity contribution in [2.24, 2.45) is 5.92 Å². The number of nitrogens with zero attached hydrogens (tertiary/aromatic N) is 2. The first-order chi connectivity index (χ1) is 12.7. The summed E-state index contributed by atoms with van der Waals surface area (Å²) in [4.78, 5) is 29.0. The molecular formula is C20H27N3O3. The number of hydrogen-bond acceptors (Lipinski definition) is 4. The lowest BCUT2D eigenvalue weighted by molar-refractivity contribution is -0.126. The third-order valence-electron chi connectivity index (χ3n) is 5.72. The predicted molar refractivity (Wildman–Crippen MR) is 99.2 cm³/mol. The molecule has 1 aromatic rings. The second-order valence-electron chi connectivity index (χ2n) is 7.46. The molecule has 2 amide bonds. The van der Waals surface area contributed by atoms with Crippen molar-refractivity contribution in [3.63, 3.8) is 0 Å². The smallest absolute Gasteiger partial charge is 0.227 e. The first-order valence-electron chi connectivity index (χ1n) is 9.71. The van der Waals surface area contributed by atoms with Crippen LogP contribution in [0, 0.1) is 5.92 Å². The SMILES string of the molecule is O=C(NCCN1CCOCC1)C1CC(=O)N(c2ccc3c(c2)CCC3)C1. The maximum atomic E-state index is 12.5. The van der Waals surface area contributed by atoms with Gasteiger partial charge in [-0.15, -0.1) is 0 Å². The quantitative estimate of drug-likeness (QED) is 0.853. The van der Waals surface area contributed by atoms with Gasteiger partial charge in [-0.1, -0.05) is 6.07 Å². The summed E-state index contributed by atoms with van der Waals surface area (Å²) in [6, 6.07) is 6.31. The highest BCUT2D eigenvalue weighted by Gasteiger charge is 2.35. The molecule has 2 heterocycles. The molecule has 2 aliphatic heterocycles. The third kappa shape index (κ3) is 3.76. The van der Waals surface area contributed by atoms with Gasteiger partial charge in [-0.05, 0) is 42.5 Å². The molecule has 1 unspecified atom stereocenters. The van der Waals surface area contributed by atoms with E-state index in [2.05, 4.69) is 22.3 Å². The van der Waals surface area contributed by atoms with Crippen LogP contribution in [0.1, 0.15) is 24.0 Å². The molecule has 0 spiro atoms. The number of carbonyl (C=O) groups is 2. The Hall–Kier alpha value is -1.92. The zero-order valence-electron chi connectivity index (χ0n) is 15.2. The molecule has 1 atom stereocenters. The summed E-state index contributed by atoms with van der Waals surface area (Å²) < 4.78 is 5.33. The summed E-state index contributed by atoms with van der Waals surface area (Å²) in [5.74, 6) is -0.202. The van der Waals surface area contributed by atoms with Crippen LogP contribution in [-0.2, 0) is 27.2 Å². The van der Waals surface area contributed by atoms with E-state index in [0.717, 1.165) is 51.4 Å². The zero-order chi connectivity index (χ0) is 17.9. The standard InChI is InChI=1S/C20H27N3O3/c24-19-13-17(20(25)21-6-7-22-8-10-26-11-9-22)14-23(19)18-5-4-15-2-1-3-16(15)12-18/h4-5,12,17H,1-3,6-11,13-14H2,(H,21,25). The van der Waals surface area contributed by atoms with Gasteiger partial charge in [-0.25, -0.2) is 0 Å². The number of fused-ring (bicyclic) bond motifs is 1. The maximum Gasteiger partial charge on any atom is 0.227 e. The highest BCUT2D eigenvalue weighted by Crippen LogP contribution is 2.30. The van der Waals surface area contributed by atoms with Gasteiger partial charge in [0.2, 0.25) is 11.8 Å². The van der Waals surface area contributed by atoms with Crippen LogP contribution in [0.5, 0.6) is 0 Å². The van der Waals surface area contributed by atoms with Crippen molar-refractivity contribution in [3.05, 3.63) is 29.3 Å². The molecule has 3 aliphatic rings. The number of benzene rings is 1. The van der Waals surface area contributed by atoms with Gasteiger partial charge in [-0.2, -0.15) is 0 Å². The molecule has 0 radical (unpaired) electrons. The van der Waals surface area contributed by atoms with Crippen LogP contribution in [0.25, 0.3) is 0 Å². The van der Waals surface area contributed by atoms with Crippen LogP contribution in [0.4, 0.5) is 5.69 Å². The Morgan fingerprint density at radius 1 is 1.19 bits per heavy atom. The summed E-state index contributed by atoms with van der Waals surface area (Å²) in [5.41, 5.74) is 3.70. The average Bonchev–Trinajstić information content (AvgIpc) is 3.28. The number of rotatable bonds is 5. The number of aryl methyl sites for hydroxylation is 2. The molecular weight excluding hydrogens is 330 g/mol. The minimum atomic E-state index is -0.250. The van der Waals surface area contributed by atoms with Crippen molar-refractivity contribution < 1.29 is 14.3 Å². The van der Waals surface area contributed by atoms with Crippen LogP contribution in [0.2, 0.25) is 0 Å². The molecule has 1 aliphatic carbocycles. The first-order valence-corrected chi connectivity index (χ1v) is 9.71. The summed E-state index contributed by atoms with van der Waals surface area (Å²) in [5, 5.41) is 3.01. The van der Waals surface area contributed by atoms with Gasteiger partial charge in [0.05, 0.1) is 19.1 Å². The van der Waals surface area contributed by atoms with Crippen molar-refractivity contribution in [3.8, 4) is 0 Å². The number of anilines is 1. The maximum absolute atomic E-state index is 12.5. The Balaban J connectivity index is 1.30. The van der Waals surface area contributed by atoms with E-state index < -0.39 is 0 Å². The van der Waals surface area contributed by atoms with Gasteiger partial charge in [0.1, 0.15) is 0 Å². The van der Waals surface area contributed by atoms with E-state index >= 15 is 0 Å². The summed E-state index contributed by atoms with van der Waals surface area (Å²) in [6.45, 7) is 5.32. The fraction of sp³-hybridized carbons (Fsp3) is 0.600. The summed E-state index contributed by atoms with van der Waals surface area (Å²) >= 11 is 0. The van der Waals surface area contributed by atoms with Gasteiger partial charge in [0.25, 0.3) is 0 Å². The molecule has 4 rings (SSSR count). The monoisotopic (exact) mass is 357 g/mol. The van der Waals surface area contributed by atoms with Crippen molar-refractivity contribution in [2.45, 2.75) is 25.7 Å². The zero-order valence-corrected chi connectivity index (χ0v) is 15.2. The molecule has 6 nitrogen and oxygen atoms in total. The highest BCUT2D eigenvalue weighted by molar-refractivity contribution is 6.00. The average molecular weight is 357 g/mol. The molecule has 2 saturated heterocycles. The normalized spacial score (nSPS) is 23.3. The largest absolute Gasteiger partial charge is 0.379 e. The number of carbonyl (C=O) groups excluding carboxylic acids is 2. The first kappa shape index (κ1) is 17.5. The van der Waals surface area contributed by atoms with Crippen LogP contribution >= 0.6 is 0 Å². The lowest BCUT2D eigenvalue weighted by atomic mass is 10.1. The van der Waals surface area contributed by atoms with E-state index in [-0.39, 0.29) is 17.7 Å². The second kappa shape index (κ2) is 7.76. The molecule has 6 heteroatoms. The molecule has 0 saturated carbocycles. The van der Waals surface area contributed by atoms with Crippen molar-refractivity contribution in [1.29, 1.82) is 0 Å². The Labute approximate surface area is 154 Å². The fourth-order valence-corrected chi connectivity index (χ4v) is 4.17. The molecule has 2 fully saturated rings. The second-order valence-corrected chi connectivity index (χ2v) is 7.46. The van der Waals surface area contributed by atoms with Gasteiger partial charge in [0, 0.05) is 44.8 Å². The van der Waals surface area contributed by atoms with Crippen LogP contribution < -0.4 is 10.2 Å². The Morgan fingerprint density at radius 3 is 2.85 bits per heavy atom. The Bertz CT molecular complexity index is 685. The number of amides is 2. The molecule has 0 bridgehead atoms. The fourth-order valence-electron chi connectivity index (χ4n) is 4.17. The molecule has 1 N–H and O–H groups in total. The van der Waals surface area contributed by atoms with E-state index in [1.54, 1.807) is 4.90 Å². The van der Waals surface area contributed by atoms with Crippen molar-refractivity contribution in [1.82, 2.24) is 10.2 Å². The summed E-state index contributed by atoms with van der Waals surface area (Å²) in [7, 11) is 0. The third-order valence-corrected chi connectivity index (χ3v) is 5.72. The van der Waals surface area contributed by atoms with Crippen LogP contribution in [0.3, 0.4) is 0 Å². The lowest BCUT2D eigenvalue weighted by Gasteiger charge is -2.26. The van der Waals surface area contributed by atoms with E-state index in [4.69, 9.17) is 4.74 Å². The topological polar surface area (TPSA) is 61.9 Å². The van der Waals surface area contributed by atoms with E-state index in [1.165, 1.54) is 17.5 Å². The van der Waals surface area contributed by atoms with Gasteiger partial charge >= 0.3 is 0 Å².